The standard InChI is InChI=1S/C6H4ClO2S/c1-9-6(8)4-2-3-10-5(4)7/h2H,1H3. The third kappa shape index (κ3) is 1.30. The minimum absolute atomic E-state index is 0.383. The van der Waals surface area contributed by atoms with E-state index in [2.05, 4.69) is 10.1 Å². The largest absolute Gasteiger partial charge is 0.465 e. The van der Waals surface area contributed by atoms with Crippen molar-refractivity contribution in [1.82, 2.24) is 0 Å². The lowest BCUT2D eigenvalue weighted by Gasteiger charge is -1.93. The highest BCUT2D eigenvalue weighted by Crippen LogP contribution is 2.22. The van der Waals surface area contributed by atoms with Crippen molar-refractivity contribution in [3.05, 3.63) is 21.3 Å². The molecule has 4 heteroatoms. The van der Waals surface area contributed by atoms with Crippen LogP contribution in [0.3, 0.4) is 0 Å². The van der Waals surface area contributed by atoms with Crippen LogP contribution < -0.4 is 0 Å². The van der Waals surface area contributed by atoms with Gasteiger partial charge >= 0.3 is 5.97 Å². The van der Waals surface area contributed by atoms with Crippen LogP contribution in [0.25, 0.3) is 0 Å². The summed E-state index contributed by atoms with van der Waals surface area (Å²) in [6, 6.07) is 1.51. The normalized spacial score (nSPS) is 9.40. The molecule has 0 aliphatic carbocycles. The first kappa shape index (κ1) is 7.57. The Morgan fingerprint density at radius 3 is 3.00 bits per heavy atom. The average Bonchev–Trinajstić information content (AvgIpc) is 2.34. The van der Waals surface area contributed by atoms with Crippen molar-refractivity contribution in [2.75, 3.05) is 7.11 Å². The first-order valence-electron chi connectivity index (χ1n) is 2.49. The molecule has 1 heterocycles. The Morgan fingerprint density at radius 2 is 2.60 bits per heavy atom. The van der Waals surface area contributed by atoms with Gasteiger partial charge in [-0.25, -0.2) is 4.79 Å². The molecular formula is C6H4ClO2S. The molecule has 0 amide bonds. The van der Waals surface area contributed by atoms with Crippen LogP contribution in [0.4, 0.5) is 0 Å². The summed E-state index contributed by atoms with van der Waals surface area (Å²) in [5.74, 6) is -0.414. The van der Waals surface area contributed by atoms with Crippen molar-refractivity contribution < 1.29 is 9.53 Å². The van der Waals surface area contributed by atoms with Gasteiger partial charge in [0.05, 0.1) is 12.7 Å². The zero-order valence-electron chi connectivity index (χ0n) is 5.18. The molecule has 0 aliphatic heterocycles. The van der Waals surface area contributed by atoms with Crippen LogP contribution in [0.5, 0.6) is 0 Å². The predicted octanol–water partition coefficient (Wildman–Crippen LogP) is 1.99. The maximum Gasteiger partial charge on any atom is 0.340 e. The number of carbonyl (C=O) groups excluding carboxylic acids is 1. The SMILES string of the molecule is COC(=O)c1c[c]sc1Cl. The Morgan fingerprint density at radius 1 is 1.90 bits per heavy atom. The van der Waals surface area contributed by atoms with Crippen LogP contribution in [0, 0.1) is 5.38 Å². The van der Waals surface area contributed by atoms with E-state index in [1.807, 2.05) is 0 Å². The summed E-state index contributed by atoms with van der Waals surface area (Å²) in [5.41, 5.74) is 0.383. The molecule has 53 valence electrons. The van der Waals surface area contributed by atoms with Crippen LogP contribution in [-0.4, -0.2) is 13.1 Å². The van der Waals surface area contributed by atoms with Crippen molar-refractivity contribution in [3.63, 3.8) is 0 Å². The summed E-state index contributed by atoms with van der Waals surface area (Å²) in [6.07, 6.45) is 0. The Kier molecular flexibility index (Phi) is 2.29. The van der Waals surface area contributed by atoms with Crippen molar-refractivity contribution in [2.24, 2.45) is 0 Å². The summed E-state index contributed by atoms with van der Waals surface area (Å²) < 4.78 is 4.86. The summed E-state index contributed by atoms with van der Waals surface area (Å²) in [4.78, 5) is 10.8. The van der Waals surface area contributed by atoms with Crippen molar-refractivity contribution in [3.8, 4) is 0 Å². The number of hydrogen-bond acceptors (Lipinski definition) is 3. The van der Waals surface area contributed by atoms with E-state index >= 15 is 0 Å². The molecule has 0 bridgehead atoms. The van der Waals surface area contributed by atoms with Crippen LogP contribution >= 0.6 is 22.9 Å². The summed E-state index contributed by atoms with van der Waals surface area (Å²) in [5, 5.41) is 2.72. The minimum Gasteiger partial charge on any atom is -0.465 e. The van der Waals surface area contributed by atoms with Gasteiger partial charge in [-0.3, -0.25) is 0 Å². The summed E-state index contributed by atoms with van der Waals surface area (Å²) >= 11 is 6.79. The Balaban J connectivity index is 2.93. The molecule has 0 unspecified atom stereocenters. The van der Waals surface area contributed by atoms with Gasteiger partial charge in [0.25, 0.3) is 0 Å². The number of methoxy groups -OCH3 is 1. The summed E-state index contributed by atoms with van der Waals surface area (Å²) in [6.45, 7) is 0. The van der Waals surface area contributed by atoms with Gasteiger partial charge in [0.2, 0.25) is 0 Å². The van der Waals surface area contributed by atoms with Crippen molar-refractivity contribution in [1.29, 1.82) is 0 Å². The molecular weight excluding hydrogens is 172 g/mol. The number of carbonyl (C=O) groups is 1. The third-order valence-electron chi connectivity index (χ3n) is 0.969. The fraction of sp³-hybridized carbons (Fsp3) is 0.167. The highest BCUT2D eigenvalue weighted by atomic mass is 35.5. The van der Waals surface area contributed by atoms with E-state index in [-0.39, 0.29) is 0 Å². The zero-order chi connectivity index (χ0) is 7.56. The molecule has 0 aliphatic rings. The van der Waals surface area contributed by atoms with Crippen LogP contribution in [0.1, 0.15) is 10.4 Å². The van der Waals surface area contributed by atoms with E-state index in [4.69, 9.17) is 11.6 Å². The van der Waals surface area contributed by atoms with Gasteiger partial charge in [0.15, 0.2) is 0 Å². The maximum absolute atomic E-state index is 10.8. The first-order valence-corrected chi connectivity index (χ1v) is 3.69. The molecule has 1 radical (unpaired) electrons. The molecule has 0 saturated heterocycles. The molecule has 1 aromatic rings. The highest BCUT2D eigenvalue weighted by Gasteiger charge is 2.10. The van der Waals surface area contributed by atoms with Gasteiger partial charge < -0.3 is 4.74 Å². The molecule has 0 fully saturated rings. The number of thiophene rings is 1. The molecule has 0 spiro atoms. The fourth-order valence-electron chi connectivity index (χ4n) is 0.501. The topological polar surface area (TPSA) is 26.3 Å². The number of esters is 1. The number of hydrogen-bond donors (Lipinski definition) is 0. The second kappa shape index (κ2) is 3.03. The van der Waals surface area contributed by atoms with Crippen molar-refractivity contribution in [2.45, 2.75) is 0 Å². The van der Waals surface area contributed by atoms with Gasteiger partial charge in [-0.1, -0.05) is 11.6 Å². The predicted molar refractivity (Wildman–Crippen MR) is 39.5 cm³/mol. The van der Waals surface area contributed by atoms with Crippen LogP contribution in [0.2, 0.25) is 4.34 Å². The second-order valence-corrected chi connectivity index (χ2v) is 2.99. The van der Waals surface area contributed by atoms with Gasteiger partial charge in [-0.15, -0.1) is 11.3 Å². The number of halogens is 1. The molecule has 0 aromatic carbocycles. The average molecular weight is 176 g/mol. The van der Waals surface area contributed by atoms with Crippen LogP contribution in [-0.2, 0) is 4.74 Å². The summed E-state index contributed by atoms with van der Waals surface area (Å²) in [7, 11) is 1.32. The Bertz CT molecular complexity index is 244. The lowest BCUT2D eigenvalue weighted by Crippen LogP contribution is -1.98. The second-order valence-electron chi connectivity index (χ2n) is 1.54. The lowest BCUT2D eigenvalue weighted by molar-refractivity contribution is 0.0601. The van der Waals surface area contributed by atoms with Crippen molar-refractivity contribution >= 4 is 28.9 Å². The molecule has 2 nitrogen and oxygen atoms in total. The van der Waals surface area contributed by atoms with E-state index in [9.17, 15) is 4.79 Å². The maximum atomic E-state index is 10.8. The van der Waals surface area contributed by atoms with Crippen LogP contribution in [0.15, 0.2) is 6.07 Å². The van der Waals surface area contributed by atoms with Gasteiger partial charge in [-0.2, -0.15) is 0 Å². The number of rotatable bonds is 1. The lowest BCUT2D eigenvalue weighted by atomic mass is 10.3. The van der Waals surface area contributed by atoms with Gasteiger partial charge in [0.1, 0.15) is 4.34 Å². The zero-order valence-corrected chi connectivity index (χ0v) is 6.75. The quantitative estimate of drug-likeness (QED) is 0.611. The molecule has 1 rings (SSSR count). The minimum atomic E-state index is -0.414. The Hall–Kier alpha value is -0.540. The molecule has 0 atom stereocenters. The van der Waals surface area contributed by atoms with E-state index in [0.717, 1.165) is 0 Å². The third-order valence-corrected chi connectivity index (χ3v) is 2.04. The number of ether oxygens (including phenoxy) is 1. The van der Waals surface area contributed by atoms with Gasteiger partial charge in [-0.05, 0) is 6.07 Å². The van der Waals surface area contributed by atoms with E-state index < -0.39 is 5.97 Å². The molecule has 1 aromatic heterocycles. The van der Waals surface area contributed by atoms with E-state index in [1.165, 1.54) is 24.5 Å². The monoisotopic (exact) mass is 175 g/mol. The highest BCUT2D eigenvalue weighted by molar-refractivity contribution is 7.14. The fourth-order valence-corrected chi connectivity index (χ4v) is 1.30. The first-order chi connectivity index (χ1) is 4.75. The van der Waals surface area contributed by atoms with Gasteiger partial charge in [0, 0.05) is 5.38 Å². The molecule has 10 heavy (non-hydrogen) atoms. The molecule has 0 saturated carbocycles. The Labute approximate surface area is 67.4 Å². The molecule has 0 N–H and O–H groups in total. The smallest absolute Gasteiger partial charge is 0.340 e. The van der Waals surface area contributed by atoms with E-state index in [1.54, 1.807) is 0 Å². The van der Waals surface area contributed by atoms with E-state index in [0.29, 0.717) is 9.90 Å².